The average Bonchev–Trinajstić information content (AvgIpc) is 3.46. The number of fused-ring (bicyclic) bond motifs is 2. The highest BCUT2D eigenvalue weighted by Gasteiger charge is 2.49. The normalized spacial score (nSPS) is 19.6. The number of nitrogen functional groups attached to an aromatic ring is 1. The van der Waals surface area contributed by atoms with E-state index in [4.69, 9.17) is 22.1 Å². The first kappa shape index (κ1) is 23.1. The Labute approximate surface area is 210 Å². The zero-order valence-electron chi connectivity index (χ0n) is 18.5. The number of nitrogens with two attached hydrogens (primary N) is 1. The van der Waals surface area contributed by atoms with Crippen LogP contribution >= 0.6 is 22.9 Å². The van der Waals surface area contributed by atoms with Gasteiger partial charge in [0.05, 0.1) is 12.2 Å². The second-order valence-corrected chi connectivity index (χ2v) is 9.82. The van der Waals surface area contributed by atoms with E-state index in [1.165, 1.54) is 0 Å². The molecule has 5 rings (SSSR count). The van der Waals surface area contributed by atoms with Gasteiger partial charge in [0.1, 0.15) is 11.7 Å². The van der Waals surface area contributed by atoms with Crippen molar-refractivity contribution in [2.75, 3.05) is 24.1 Å². The molecule has 1 fully saturated rings. The lowest BCUT2D eigenvalue weighted by molar-refractivity contribution is -0.133. The van der Waals surface area contributed by atoms with Crippen LogP contribution in [0.2, 0.25) is 5.02 Å². The summed E-state index contributed by atoms with van der Waals surface area (Å²) in [5.74, 6) is -0.757. The first-order valence-corrected chi connectivity index (χ1v) is 12.2. The molecule has 0 bridgehead atoms. The molecule has 9 nitrogen and oxygen atoms in total. The van der Waals surface area contributed by atoms with Crippen LogP contribution in [0.1, 0.15) is 28.0 Å². The molecule has 1 saturated heterocycles. The van der Waals surface area contributed by atoms with Crippen LogP contribution in [0.5, 0.6) is 0 Å². The van der Waals surface area contributed by atoms with Crippen molar-refractivity contribution in [1.29, 1.82) is 0 Å². The van der Waals surface area contributed by atoms with Crippen molar-refractivity contribution in [1.82, 2.24) is 15.2 Å². The molecule has 0 saturated carbocycles. The number of carbonyl (C=O) groups excluding carboxylic acids is 3. The fourth-order valence-corrected chi connectivity index (χ4v) is 5.25. The van der Waals surface area contributed by atoms with Crippen LogP contribution in [0.3, 0.4) is 0 Å². The van der Waals surface area contributed by atoms with Crippen molar-refractivity contribution in [2.45, 2.75) is 24.5 Å². The molecular weight excluding hydrogens is 490 g/mol. The van der Waals surface area contributed by atoms with Gasteiger partial charge in [-0.1, -0.05) is 41.9 Å². The maximum atomic E-state index is 13.7. The topological polar surface area (TPSA) is 127 Å². The molecule has 2 aromatic carbocycles. The summed E-state index contributed by atoms with van der Waals surface area (Å²) in [5.41, 5.74) is 7.04. The molecule has 0 radical (unpaired) electrons. The third kappa shape index (κ3) is 4.67. The third-order valence-electron chi connectivity index (χ3n) is 6.18. The minimum absolute atomic E-state index is 0.150. The van der Waals surface area contributed by atoms with Gasteiger partial charge in [-0.3, -0.25) is 14.9 Å². The summed E-state index contributed by atoms with van der Waals surface area (Å²) in [6, 6.07) is 13.7. The fourth-order valence-electron chi connectivity index (χ4n) is 4.54. The zero-order chi connectivity index (χ0) is 24.6. The van der Waals surface area contributed by atoms with E-state index in [0.717, 1.165) is 22.5 Å². The van der Waals surface area contributed by atoms with Crippen LogP contribution in [0.25, 0.3) is 0 Å². The average molecular weight is 512 g/mol. The number of halogens is 1. The minimum atomic E-state index is -1.01. The number of hydrogen-bond donors (Lipinski definition) is 3. The number of thiazole rings is 1. The highest BCUT2D eigenvalue weighted by molar-refractivity contribution is 7.13. The van der Waals surface area contributed by atoms with E-state index in [9.17, 15) is 14.4 Å². The molecule has 3 aromatic rings. The van der Waals surface area contributed by atoms with E-state index in [2.05, 4.69) is 15.6 Å². The molecule has 1 spiro atoms. The number of anilines is 2. The van der Waals surface area contributed by atoms with Gasteiger partial charge < -0.3 is 20.7 Å². The van der Waals surface area contributed by atoms with Gasteiger partial charge in [0, 0.05) is 35.4 Å². The lowest BCUT2D eigenvalue weighted by Gasteiger charge is -2.35. The first-order chi connectivity index (χ1) is 16.8. The van der Waals surface area contributed by atoms with Crippen molar-refractivity contribution < 1.29 is 19.1 Å². The van der Waals surface area contributed by atoms with Crippen molar-refractivity contribution in [2.24, 2.45) is 0 Å². The van der Waals surface area contributed by atoms with E-state index in [1.807, 2.05) is 30.3 Å². The van der Waals surface area contributed by atoms with Crippen molar-refractivity contribution >= 4 is 51.7 Å². The number of nitrogens with one attached hydrogen (secondary N) is 2. The van der Waals surface area contributed by atoms with E-state index in [1.54, 1.807) is 28.5 Å². The van der Waals surface area contributed by atoms with E-state index < -0.39 is 23.6 Å². The van der Waals surface area contributed by atoms with E-state index in [-0.39, 0.29) is 29.7 Å². The van der Waals surface area contributed by atoms with Crippen molar-refractivity contribution in [3.63, 3.8) is 0 Å². The van der Waals surface area contributed by atoms with Crippen LogP contribution in [-0.2, 0) is 21.6 Å². The van der Waals surface area contributed by atoms with Gasteiger partial charge in [-0.2, -0.15) is 0 Å². The van der Waals surface area contributed by atoms with E-state index in [0.29, 0.717) is 23.7 Å². The number of aromatic nitrogens is 1. The standard InChI is InChI=1S/C24H22ClN5O4S/c25-15-6-7-17-16(11-15)24(34-23(33)29-17)8-9-30(13-24)21(32)18(10-14-4-2-1-3-5-14)27-20(31)19-12-35-22(26)28-19/h1-7,11-12,18H,8-10,13H2,(H2,26,28)(H,27,31)(H,29,33)/t18-,24?/m0/s1. The fraction of sp³-hybridized carbons (Fsp3) is 0.250. The Kier molecular flexibility index (Phi) is 6.08. The highest BCUT2D eigenvalue weighted by Crippen LogP contribution is 2.43. The Morgan fingerprint density at radius 2 is 2.09 bits per heavy atom. The molecule has 3 amide bonds. The lowest BCUT2D eigenvalue weighted by atomic mass is 9.90. The van der Waals surface area contributed by atoms with Crippen LogP contribution in [0.4, 0.5) is 15.6 Å². The highest BCUT2D eigenvalue weighted by atomic mass is 35.5. The summed E-state index contributed by atoms with van der Waals surface area (Å²) in [6.45, 7) is 0.500. The summed E-state index contributed by atoms with van der Waals surface area (Å²) < 4.78 is 5.74. The molecule has 3 heterocycles. The molecule has 0 aliphatic carbocycles. The third-order valence-corrected chi connectivity index (χ3v) is 7.09. The second kappa shape index (κ2) is 9.20. The summed E-state index contributed by atoms with van der Waals surface area (Å²) >= 11 is 7.37. The van der Waals surface area contributed by atoms with Gasteiger partial charge in [-0.05, 0) is 23.8 Å². The number of nitrogens with zero attached hydrogens (tertiary/aromatic N) is 2. The largest absolute Gasteiger partial charge is 0.436 e. The Bertz CT molecular complexity index is 1300. The minimum Gasteiger partial charge on any atom is -0.436 e. The van der Waals surface area contributed by atoms with Crippen LogP contribution in [0, 0.1) is 0 Å². The molecule has 2 atom stereocenters. The molecule has 4 N–H and O–H groups in total. The van der Waals surface area contributed by atoms with Gasteiger partial charge in [0.2, 0.25) is 5.91 Å². The Morgan fingerprint density at radius 1 is 1.29 bits per heavy atom. The number of ether oxygens (including phenoxy) is 1. The van der Waals surface area contributed by atoms with Gasteiger partial charge in [-0.15, -0.1) is 11.3 Å². The Morgan fingerprint density at radius 3 is 2.83 bits per heavy atom. The smallest absolute Gasteiger partial charge is 0.412 e. The number of rotatable bonds is 5. The number of amides is 3. The molecule has 180 valence electrons. The van der Waals surface area contributed by atoms with Gasteiger partial charge in [-0.25, -0.2) is 9.78 Å². The Hall–Kier alpha value is -3.63. The first-order valence-electron chi connectivity index (χ1n) is 11.0. The number of hydrogen-bond acceptors (Lipinski definition) is 7. The SMILES string of the molecule is Nc1nc(C(=O)N[C@@H](Cc2ccccc2)C(=O)N2CCC3(C2)OC(=O)Nc2ccc(Cl)cc23)cs1. The van der Waals surface area contributed by atoms with Crippen LogP contribution in [0.15, 0.2) is 53.9 Å². The summed E-state index contributed by atoms with van der Waals surface area (Å²) in [6.07, 6.45) is 0.122. The summed E-state index contributed by atoms with van der Waals surface area (Å²) in [7, 11) is 0. The molecule has 35 heavy (non-hydrogen) atoms. The molecule has 1 aromatic heterocycles. The molecular formula is C24H22ClN5O4S. The number of carbonyl (C=O) groups is 3. The molecule has 2 aliphatic rings. The van der Waals surface area contributed by atoms with Crippen LogP contribution in [-0.4, -0.2) is 46.9 Å². The second-order valence-electron chi connectivity index (χ2n) is 8.50. The number of benzene rings is 2. The van der Waals surface area contributed by atoms with Gasteiger partial charge in [0.25, 0.3) is 5.91 Å². The summed E-state index contributed by atoms with van der Waals surface area (Å²) in [5, 5.41) is 7.83. The van der Waals surface area contributed by atoms with E-state index >= 15 is 0 Å². The van der Waals surface area contributed by atoms with Crippen LogP contribution < -0.4 is 16.4 Å². The zero-order valence-corrected chi connectivity index (χ0v) is 20.1. The maximum Gasteiger partial charge on any atom is 0.412 e. The predicted octanol–water partition coefficient (Wildman–Crippen LogP) is 3.41. The molecule has 11 heteroatoms. The number of likely N-dealkylation sites (tertiary alicyclic amines) is 1. The quantitative estimate of drug-likeness (QED) is 0.482. The predicted molar refractivity (Wildman–Crippen MR) is 132 cm³/mol. The molecule has 1 unspecified atom stereocenters. The van der Waals surface area contributed by atoms with Crippen molar-refractivity contribution in [3.8, 4) is 0 Å². The lowest BCUT2D eigenvalue weighted by Crippen LogP contribution is -2.50. The monoisotopic (exact) mass is 511 g/mol. The Balaban J connectivity index is 1.40. The van der Waals surface area contributed by atoms with Gasteiger partial charge in [0.15, 0.2) is 10.7 Å². The summed E-state index contributed by atoms with van der Waals surface area (Å²) in [4.78, 5) is 44.4. The van der Waals surface area contributed by atoms with Crippen molar-refractivity contribution in [3.05, 3.63) is 75.8 Å². The van der Waals surface area contributed by atoms with Gasteiger partial charge >= 0.3 is 6.09 Å². The maximum absolute atomic E-state index is 13.7. The molecule has 2 aliphatic heterocycles.